The number of likely N-dealkylation sites (N-methyl/N-ethyl adjacent to an activating group) is 1. The van der Waals surface area contributed by atoms with Crippen molar-refractivity contribution in [2.45, 2.75) is 6.92 Å². The predicted octanol–water partition coefficient (Wildman–Crippen LogP) is 3.96. The van der Waals surface area contributed by atoms with Crippen LogP contribution in [0, 0.1) is 6.92 Å². The molecule has 5 heteroatoms. The Kier molecular flexibility index (Phi) is 4.41. The molecule has 0 saturated carbocycles. The van der Waals surface area contributed by atoms with Crippen molar-refractivity contribution in [1.82, 2.24) is 4.90 Å². The molecule has 0 radical (unpaired) electrons. The summed E-state index contributed by atoms with van der Waals surface area (Å²) >= 11 is 3.41. The van der Waals surface area contributed by atoms with Gasteiger partial charge in [-0.05, 0) is 56.9 Å². The van der Waals surface area contributed by atoms with Crippen molar-refractivity contribution in [3.63, 3.8) is 0 Å². The number of benzene rings is 2. The minimum absolute atomic E-state index is 0.0325. The Bertz CT molecular complexity index is 931. The number of hydrogen-bond donors (Lipinski definition) is 0. The van der Waals surface area contributed by atoms with E-state index in [1.807, 2.05) is 44.1 Å². The molecule has 0 aliphatic heterocycles. The third kappa shape index (κ3) is 3.26. The zero-order valence-electron chi connectivity index (χ0n) is 13.4. The Morgan fingerprint density at radius 1 is 1.17 bits per heavy atom. The third-order valence-electron chi connectivity index (χ3n) is 3.70. The first kappa shape index (κ1) is 16.0. The molecule has 0 aliphatic rings. The summed E-state index contributed by atoms with van der Waals surface area (Å²) in [5.74, 6) is 0.695. The number of ether oxygens (including phenoxy) is 1. The van der Waals surface area contributed by atoms with Gasteiger partial charge < -0.3 is 14.1 Å². The van der Waals surface area contributed by atoms with Crippen LogP contribution >= 0.6 is 15.9 Å². The highest BCUT2D eigenvalue weighted by molar-refractivity contribution is 9.10. The molecule has 0 fully saturated rings. The van der Waals surface area contributed by atoms with Gasteiger partial charge in [0.15, 0.2) is 0 Å². The molecule has 0 spiro atoms. The highest BCUT2D eigenvalue weighted by atomic mass is 79.9. The molecule has 120 valence electrons. The molecule has 1 aromatic heterocycles. The first-order chi connectivity index (χ1) is 11.0. The Labute approximate surface area is 142 Å². The molecule has 0 unspecified atom stereocenters. The molecule has 3 rings (SSSR count). The van der Waals surface area contributed by atoms with Crippen molar-refractivity contribution in [2.75, 3.05) is 27.2 Å². The van der Waals surface area contributed by atoms with Gasteiger partial charge in [-0.1, -0.05) is 15.9 Å². The number of halogens is 1. The van der Waals surface area contributed by atoms with Crippen LogP contribution < -0.4 is 10.2 Å². The van der Waals surface area contributed by atoms with Crippen molar-refractivity contribution in [2.24, 2.45) is 0 Å². The quantitative estimate of drug-likeness (QED) is 0.647. The summed E-state index contributed by atoms with van der Waals surface area (Å²) in [6, 6.07) is 9.11. The second-order valence-electron chi connectivity index (χ2n) is 5.84. The fourth-order valence-electron chi connectivity index (χ4n) is 2.50. The molecule has 3 aromatic rings. The fraction of sp³-hybridized carbons (Fsp3) is 0.278. The van der Waals surface area contributed by atoms with E-state index in [1.165, 1.54) is 0 Å². The van der Waals surface area contributed by atoms with Gasteiger partial charge in [0, 0.05) is 11.0 Å². The normalized spacial score (nSPS) is 11.5. The largest absolute Gasteiger partial charge is 0.492 e. The van der Waals surface area contributed by atoms with Crippen LogP contribution in [-0.4, -0.2) is 32.1 Å². The summed E-state index contributed by atoms with van der Waals surface area (Å²) in [5, 5.41) is 1.13. The maximum atomic E-state index is 12.7. The summed E-state index contributed by atoms with van der Waals surface area (Å²) in [6.45, 7) is 3.31. The number of hydrogen-bond acceptors (Lipinski definition) is 4. The van der Waals surface area contributed by atoms with Gasteiger partial charge in [0.25, 0.3) is 0 Å². The summed E-state index contributed by atoms with van der Waals surface area (Å²) in [6.07, 6.45) is 0. The van der Waals surface area contributed by atoms with Crippen LogP contribution in [-0.2, 0) is 0 Å². The summed E-state index contributed by atoms with van der Waals surface area (Å²) < 4.78 is 12.6. The SMILES string of the molecule is Cc1cc(OCCN(C)C)cc2c(=O)c3ccc(Br)cc3oc12. The molecule has 0 amide bonds. The monoisotopic (exact) mass is 375 g/mol. The molecule has 0 atom stereocenters. The lowest BCUT2D eigenvalue weighted by Gasteiger charge is -2.12. The zero-order chi connectivity index (χ0) is 16.6. The smallest absolute Gasteiger partial charge is 0.200 e. The molecule has 1 heterocycles. The number of aryl methyl sites for hydroxylation is 1. The van der Waals surface area contributed by atoms with Gasteiger partial charge in [0.1, 0.15) is 23.5 Å². The second-order valence-corrected chi connectivity index (χ2v) is 6.76. The molecule has 2 aromatic carbocycles. The number of rotatable bonds is 4. The highest BCUT2D eigenvalue weighted by Gasteiger charge is 2.12. The van der Waals surface area contributed by atoms with Gasteiger partial charge in [-0.3, -0.25) is 4.79 Å². The molecule has 0 saturated heterocycles. The standard InChI is InChI=1S/C18H18BrNO3/c1-11-8-13(22-7-6-20(2)3)10-15-17(21)14-5-4-12(19)9-16(14)23-18(11)15/h4-5,8-10H,6-7H2,1-3H3. The van der Waals surface area contributed by atoms with Crippen molar-refractivity contribution in [3.8, 4) is 5.75 Å². The van der Waals surface area contributed by atoms with E-state index in [0.717, 1.165) is 16.6 Å². The fourth-order valence-corrected chi connectivity index (χ4v) is 2.84. The van der Waals surface area contributed by atoms with Gasteiger partial charge >= 0.3 is 0 Å². The first-order valence-electron chi connectivity index (χ1n) is 7.40. The average Bonchev–Trinajstić information content (AvgIpc) is 2.48. The lowest BCUT2D eigenvalue weighted by molar-refractivity contribution is 0.261. The van der Waals surface area contributed by atoms with E-state index in [2.05, 4.69) is 15.9 Å². The Balaban J connectivity index is 2.12. The second kappa shape index (κ2) is 6.34. The van der Waals surface area contributed by atoms with Crippen LogP contribution in [0.1, 0.15) is 5.56 Å². The molecular formula is C18H18BrNO3. The summed E-state index contributed by atoms with van der Waals surface area (Å²) in [5.41, 5.74) is 2.05. The van der Waals surface area contributed by atoms with Gasteiger partial charge in [0.05, 0.1) is 10.8 Å². The van der Waals surface area contributed by atoms with E-state index < -0.39 is 0 Å². The van der Waals surface area contributed by atoms with Crippen molar-refractivity contribution in [1.29, 1.82) is 0 Å². The van der Waals surface area contributed by atoms with Gasteiger partial charge in [-0.25, -0.2) is 0 Å². The van der Waals surface area contributed by atoms with Crippen molar-refractivity contribution >= 4 is 37.9 Å². The molecule has 0 aliphatic carbocycles. The molecule has 0 N–H and O–H groups in total. The topological polar surface area (TPSA) is 42.7 Å². The van der Waals surface area contributed by atoms with Crippen LogP contribution in [0.15, 0.2) is 44.0 Å². The Morgan fingerprint density at radius 2 is 1.96 bits per heavy atom. The highest BCUT2D eigenvalue weighted by Crippen LogP contribution is 2.27. The number of fused-ring (bicyclic) bond motifs is 2. The third-order valence-corrected chi connectivity index (χ3v) is 4.19. The first-order valence-corrected chi connectivity index (χ1v) is 8.19. The van der Waals surface area contributed by atoms with Crippen LogP contribution in [0.2, 0.25) is 0 Å². The lowest BCUT2D eigenvalue weighted by atomic mass is 10.1. The zero-order valence-corrected chi connectivity index (χ0v) is 14.9. The van der Waals surface area contributed by atoms with E-state index >= 15 is 0 Å². The molecule has 23 heavy (non-hydrogen) atoms. The number of nitrogens with zero attached hydrogens (tertiary/aromatic N) is 1. The van der Waals surface area contributed by atoms with E-state index in [-0.39, 0.29) is 5.43 Å². The van der Waals surface area contributed by atoms with Crippen LogP contribution in [0.25, 0.3) is 21.9 Å². The van der Waals surface area contributed by atoms with Crippen LogP contribution in [0.3, 0.4) is 0 Å². The Morgan fingerprint density at radius 3 is 2.70 bits per heavy atom. The van der Waals surface area contributed by atoms with Gasteiger partial charge in [0.2, 0.25) is 5.43 Å². The van der Waals surface area contributed by atoms with E-state index in [0.29, 0.717) is 34.3 Å². The van der Waals surface area contributed by atoms with Crippen LogP contribution in [0.4, 0.5) is 0 Å². The van der Waals surface area contributed by atoms with Crippen molar-refractivity contribution < 1.29 is 9.15 Å². The minimum Gasteiger partial charge on any atom is -0.492 e. The summed E-state index contributed by atoms with van der Waals surface area (Å²) in [7, 11) is 3.99. The summed E-state index contributed by atoms with van der Waals surface area (Å²) in [4.78, 5) is 14.8. The molecular weight excluding hydrogens is 358 g/mol. The molecule has 0 bridgehead atoms. The predicted molar refractivity (Wildman–Crippen MR) is 96.5 cm³/mol. The van der Waals surface area contributed by atoms with Gasteiger partial charge in [-0.2, -0.15) is 0 Å². The van der Waals surface area contributed by atoms with E-state index in [9.17, 15) is 4.79 Å². The van der Waals surface area contributed by atoms with E-state index in [1.54, 1.807) is 12.1 Å². The maximum Gasteiger partial charge on any atom is 0.200 e. The Hall–Kier alpha value is -1.85. The van der Waals surface area contributed by atoms with Crippen molar-refractivity contribution in [3.05, 3.63) is 50.6 Å². The maximum absolute atomic E-state index is 12.7. The lowest BCUT2D eigenvalue weighted by Crippen LogP contribution is -2.19. The van der Waals surface area contributed by atoms with E-state index in [4.69, 9.17) is 9.15 Å². The molecule has 4 nitrogen and oxygen atoms in total. The van der Waals surface area contributed by atoms with Crippen LogP contribution in [0.5, 0.6) is 5.75 Å². The minimum atomic E-state index is -0.0325. The van der Waals surface area contributed by atoms with Gasteiger partial charge in [-0.15, -0.1) is 0 Å². The average molecular weight is 376 g/mol.